The number of hydrogen-bond donors (Lipinski definition) is 0. The molecule has 5 heteroatoms. The molecule has 1 rings (SSSR count). The molecule has 0 atom stereocenters. The average Bonchev–Trinajstić information content (AvgIpc) is 2.52. The first-order chi connectivity index (χ1) is 13.3. The highest BCUT2D eigenvalue weighted by atomic mass is 31.2. The molecule has 0 fully saturated rings. The standard InChI is InChI=1S/C24H43O4P/c1-20(2)18-23(5,6)14-16-26-29(25,28-22-12-10-9-11-13-22)27-17-15-24(7,8)19-21(3)4/h9-13,20-21H,14-19H2,1-8H3. The van der Waals surface area contributed by atoms with E-state index in [0.717, 1.165) is 25.7 Å². The van der Waals surface area contributed by atoms with Crippen LogP contribution in [0.5, 0.6) is 5.75 Å². The fourth-order valence-corrected chi connectivity index (χ4v) is 5.17. The predicted molar refractivity (Wildman–Crippen MR) is 122 cm³/mol. The monoisotopic (exact) mass is 426 g/mol. The Labute approximate surface area is 179 Å². The van der Waals surface area contributed by atoms with Crippen molar-refractivity contribution in [2.24, 2.45) is 22.7 Å². The second-order valence-corrected chi connectivity index (χ2v) is 12.1. The first kappa shape index (κ1) is 26.2. The first-order valence-corrected chi connectivity index (χ1v) is 12.4. The van der Waals surface area contributed by atoms with Gasteiger partial charge in [0.1, 0.15) is 5.75 Å². The number of phosphoric ester groups is 1. The molecule has 0 heterocycles. The van der Waals surface area contributed by atoms with Crippen molar-refractivity contribution in [3.8, 4) is 5.75 Å². The largest absolute Gasteiger partial charge is 0.530 e. The van der Waals surface area contributed by atoms with Crippen LogP contribution in [-0.2, 0) is 13.6 Å². The van der Waals surface area contributed by atoms with Crippen LogP contribution < -0.4 is 4.52 Å². The van der Waals surface area contributed by atoms with Crippen LogP contribution >= 0.6 is 7.82 Å². The van der Waals surface area contributed by atoms with Crippen LogP contribution in [0.15, 0.2) is 30.3 Å². The third-order valence-electron chi connectivity index (χ3n) is 4.94. The second-order valence-electron chi connectivity index (χ2n) is 10.5. The molecule has 4 nitrogen and oxygen atoms in total. The Kier molecular flexibility index (Phi) is 10.4. The topological polar surface area (TPSA) is 44.8 Å². The van der Waals surface area contributed by atoms with Gasteiger partial charge in [-0.2, -0.15) is 0 Å². The van der Waals surface area contributed by atoms with Gasteiger partial charge >= 0.3 is 7.82 Å². The van der Waals surface area contributed by atoms with Crippen LogP contribution in [0.3, 0.4) is 0 Å². The summed E-state index contributed by atoms with van der Waals surface area (Å²) in [5.41, 5.74) is 0.232. The zero-order chi connectivity index (χ0) is 22.1. The summed E-state index contributed by atoms with van der Waals surface area (Å²) in [6.45, 7) is 18.4. The molecule has 0 spiro atoms. The van der Waals surface area contributed by atoms with Crippen LogP contribution in [0.4, 0.5) is 0 Å². The molecule has 0 N–H and O–H groups in total. The summed E-state index contributed by atoms with van der Waals surface area (Å²) >= 11 is 0. The Morgan fingerprint density at radius 2 is 1.21 bits per heavy atom. The van der Waals surface area contributed by atoms with Gasteiger partial charge in [-0.05, 0) is 60.5 Å². The van der Waals surface area contributed by atoms with Crippen LogP contribution in [0, 0.1) is 22.7 Å². The fraction of sp³-hybridized carbons (Fsp3) is 0.750. The molecule has 0 radical (unpaired) electrons. The summed E-state index contributed by atoms with van der Waals surface area (Å²) in [7, 11) is -3.68. The van der Waals surface area contributed by atoms with Gasteiger partial charge in [-0.1, -0.05) is 73.6 Å². The minimum absolute atomic E-state index is 0.116. The van der Waals surface area contributed by atoms with Gasteiger partial charge in [0.05, 0.1) is 13.2 Å². The van der Waals surface area contributed by atoms with Crippen LogP contribution in [-0.4, -0.2) is 13.2 Å². The molecule has 0 unspecified atom stereocenters. The first-order valence-electron chi connectivity index (χ1n) is 11.0. The molecule has 0 bridgehead atoms. The van der Waals surface area contributed by atoms with Crippen molar-refractivity contribution in [1.82, 2.24) is 0 Å². The highest BCUT2D eigenvalue weighted by molar-refractivity contribution is 7.48. The van der Waals surface area contributed by atoms with Gasteiger partial charge in [-0.25, -0.2) is 4.57 Å². The SMILES string of the molecule is CC(C)CC(C)(C)CCOP(=O)(OCCC(C)(C)CC(C)C)Oc1ccccc1. The van der Waals surface area contributed by atoms with Crippen molar-refractivity contribution in [3.05, 3.63) is 30.3 Å². The van der Waals surface area contributed by atoms with Crippen molar-refractivity contribution in [2.75, 3.05) is 13.2 Å². The summed E-state index contributed by atoms with van der Waals surface area (Å²) in [4.78, 5) is 0. The summed E-state index contributed by atoms with van der Waals surface area (Å²) in [6, 6.07) is 9.12. The van der Waals surface area contributed by atoms with E-state index in [1.807, 2.05) is 18.2 Å². The van der Waals surface area contributed by atoms with E-state index in [0.29, 0.717) is 30.8 Å². The maximum atomic E-state index is 13.3. The van der Waals surface area contributed by atoms with Gasteiger partial charge in [-0.15, -0.1) is 0 Å². The van der Waals surface area contributed by atoms with E-state index < -0.39 is 7.82 Å². The molecular formula is C24H43O4P. The third kappa shape index (κ3) is 11.8. The maximum absolute atomic E-state index is 13.3. The summed E-state index contributed by atoms with van der Waals surface area (Å²) in [5, 5.41) is 0. The predicted octanol–water partition coefficient (Wildman–Crippen LogP) is 8.13. The van der Waals surface area contributed by atoms with Gasteiger partial charge in [0.25, 0.3) is 0 Å². The lowest BCUT2D eigenvalue weighted by Crippen LogP contribution is -2.19. The quantitative estimate of drug-likeness (QED) is 0.282. The van der Waals surface area contributed by atoms with Gasteiger partial charge in [0.15, 0.2) is 0 Å². The molecule has 0 aliphatic carbocycles. The second kappa shape index (κ2) is 11.5. The maximum Gasteiger partial charge on any atom is 0.530 e. The third-order valence-corrected chi connectivity index (χ3v) is 6.37. The van der Waals surface area contributed by atoms with Gasteiger partial charge < -0.3 is 4.52 Å². The molecule has 1 aromatic rings. The van der Waals surface area contributed by atoms with Crippen molar-refractivity contribution >= 4 is 7.82 Å². The number of phosphoric acid groups is 1. The Morgan fingerprint density at radius 3 is 1.59 bits per heavy atom. The van der Waals surface area contributed by atoms with E-state index in [9.17, 15) is 4.57 Å². The molecule has 0 amide bonds. The fourth-order valence-electron chi connectivity index (χ4n) is 3.98. The highest BCUT2D eigenvalue weighted by Gasteiger charge is 2.31. The smallest absolute Gasteiger partial charge is 0.404 e. The number of rotatable bonds is 14. The van der Waals surface area contributed by atoms with Crippen LogP contribution in [0.25, 0.3) is 0 Å². The van der Waals surface area contributed by atoms with Gasteiger partial charge in [0.2, 0.25) is 0 Å². The number of hydrogen-bond acceptors (Lipinski definition) is 4. The van der Waals surface area contributed by atoms with Gasteiger partial charge in [-0.3, -0.25) is 9.05 Å². The molecule has 0 aromatic heterocycles. The Hall–Kier alpha value is -0.830. The molecule has 0 aliphatic heterocycles. The minimum Gasteiger partial charge on any atom is -0.404 e. The molecule has 0 saturated heterocycles. The Morgan fingerprint density at radius 1 is 0.793 bits per heavy atom. The highest BCUT2D eigenvalue weighted by Crippen LogP contribution is 2.50. The van der Waals surface area contributed by atoms with Crippen molar-refractivity contribution in [1.29, 1.82) is 0 Å². The lowest BCUT2D eigenvalue weighted by Gasteiger charge is -2.28. The average molecular weight is 427 g/mol. The normalized spacial score (nSPS) is 13.3. The van der Waals surface area contributed by atoms with E-state index in [2.05, 4.69) is 55.4 Å². The molecule has 0 saturated carbocycles. The minimum atomic E-state index is -3.68. The molecule has 0 aliphatic rings. The van der Waals surface area contributed by atoms with E-state index >= 15 is 0 Å². The van der Waals surface area contributed by atoms with E-state index in [4.69, 9.17) is 13.6 Å². The van der Waals surface area contributed by atoms with Crippen molar-refractivity contribution < 1.29 is 18.1 Å². The zero-order valence-electron chi connectivity index (χ0n) is 19.9. The van der Waals surface area contributed by atoms with Crippen molar-refractivity contribution in [2.45, 2.75) is 81.1 Å². The summed E-state index contributed by atoms with van der Waals surface area (Å²) < 4.78 is 30.6. The van der Waals surface area contributed by atoms with Crippen LogP contribution in [0.2, 0.25) is 0 Å². The zero-order valence-corrected chi connectivity index (χ0v) is 20.8. The number of para-hydroxylation sites is 1. The van der Waals surface area contributed by atoms with E-state index in [1.165, 1.54) is 0 Å². The van der Waals surface area contributed by atoms with Gasteiger partial charge in [0, 0.05) is 0 Å². The van der Waals surface area contributed by atoms with E-state index in [1.54, 1.807) is 12.1 Å². The Balaban J connectivity index is 2.72. The number of benzene rings is 1. The van der Waals surface area contributed by atoms with Crippen LogP contribution in [0.1, 0.15) is 81.1 Å². The molecule has 1 aromatic carbocycles. The lowest BCUT2D eigenvalue weighted by molar-refractivity contribution is 0.116. The van der Waals surface area contributed by atoms with Crippen molar-refractivity contribution in [3.63, 3.8) is 0 Å². The molecule has 29 heavy (non-hydrogen) atoms. The lowest BCUT2D eigenvalue weighted by atomic mass is 9.81. The van der Waals surface area contributed by atoms with E-state index in [-0.39, 0.29) is 10.8 Å². The molecular weight excluding hydrogens is 383 g/mol. The Bertz CT molecular complexity index is 591. The summed E-state index contributed by atoms with van der Waals surface area (Å²) in [6.07, 6.45) is 3.78. The summed E-state index contributed by atoms with van der Waals surface area (Å²) in [5.74, 6) is 1.72. The molecule has 168 valence electrons.